The number of aliphatic hydroxyl groups is 2. The summed E-state index contributed by atoms with van der Waals surface area (Å²) in [5, 5.41) is 21.0. The molecular formula is C20H34O2. The van der Waals surface area contributed by atoms with Gasteiger partial charge in [0.2, 0.25) is 0 Å². The molecule has 5 atom stereocenters. The van der Waals surface area contributed by atoms with E-state index in [1.807, 2.05) is 6.92 Å². The first kappa shape index (κ1) is 17.7. The Hall–Kier alpha value is -0.600. The summed E-state index contributed by atoms with van der Waals surface area (Å²) in [5.41, 5.74) is 0.621. The fourth-order valence-electron chi connectivity index (χ4n) is 5.55. The molecule has 22 heavy (non-hydrogen) atoms. The predicted molar refractivity (Wildman–Crippen MR) is 92.5 cm³/mol. The molecule has 2 aliphatic rings. The molecule has 2 saturated carbocycles. The van der Waals surface area contributed by atoms with Gasteiger partial charge in [-0.2, -0.15) is 0 Å². The third kappa shape index (κ3) is 3.05. The summed E-state index contributed by atoms with van der Waals surface area (Å²) in [5.74, 6) is 0.699. The van der Waals surface area contributed by atoms with Crippen molar-refractivity contribution in [3.8, 4) is 0 Å². The molecule has 0 saturated heterocycles. The van der Waals surface area contributed by atoms with Crippen LogP contribution in [0.2, 0.25) is 0 Å². The zero-order valence-corrected chi connectivity index (χ0v) is 14.9. The van der Waals surface area contributed by atoms with Gasteiger partial charge in [0, 0.05) is 0 Å². The highest BCUT2D eigenvalue weighted by atomic mass is 16.3. The molecule has 2 rings (SSSR count). The molecule has 2 aliphatic carbocycles. The summed E-state index contributed by atoms with van der Waals surface area (Å²) in [6.07, 6.45) is 7.26. The van der Waals surface area contributed by atoms with Gasteiger partial charge in [-0.15, -0.1) is 6.58 Å². The number of aliphatic hydroxyl groups excluding tert-OH is 1. The van der Waals surface area contributed by atoms with Crippen LogP contribution in [0.3, 0.4) is 0 Å². The van der Waals surface area contributed by atoms with E-state index in [2.05, 4.69) is 33.9 Å². The van der Waals surface area contributed by atoms with Crippen LogP contribution in [0.5, 0.6) is 0 Å². The van der Waals surface area contributed by atoms with Gasteiger partial charge in [-0.05, 0) is 61.7 Å². The number of rotatable bonds is 4. The molecule has 0 spiro atoms. The van der Waals surface area contributed by atoms with E-state index in [4.69, 9.17) is 0 Å². The Labute approximate surface area is 136 Å². The molecule has 2 nitrogen and oxygen atoms in total. The van der Waals surface area contributed by atoms with Crippen molar-refractivity contribution in [3.63, 3.8) is 0 Å². The van der Waals surface area contributed by atoms with E-state index in [0.717, 1.165) is 12.8 Å². The highest BCUT2D eigenvalue weighted by molar-refractivity contribution is 5.18. The van der Waals surface area contributed by atoms with Crippen LogP contribution in [0, 0.1) is 22.7 Å². The van der Waals surface area contributed by atoms with Crippen molar-refractivity contribution in [2.75, 3.05) is 0 Å². The van der Waals surface area contributed by atoms with Crippen LogP contribution in [0.25, 0.3) is 0 Å². The first-order valence-electron chi connectivity index (χ1n) is 8.75. The van der Waals surface area contributed by atoms with E-state index in [1.165, 1.54) is 18.4 Å². The van der Waals surface area contributed by atoms with Crippen LogP contribution in [0.1, 0.15) is 66.2 Å². The normalized spacial score (nSPS) is 40.6. The maximum absolute atomic E-state index is 10.7. The number of hydrogen-bond acceptors (Lipinski definition) is 2. The Kier molecular flexibility index (Phi) is 4.68. The van der Waals surface area contributed by atoms with Gasteiger partial charge in [0.25, 0.3) is 0 Å². The average Bonchev–Trinajstić information content (AvgIpc) is 2.36. The zero-order valence-electron chi connectivity index (χ0n) is 14.9. The first-order valence-corrected chi connectivity index (χ1v) is 8.75. The minimum absolute atomic E-state index is 0.0910. The molecule has 2 fully saturated rings. The predicted octanol–water partition coefficient (Wildman–Crippen LogP) is 4.47. The fourth-order valence-corrected chi connectivity index (χ4v) is 5.55. The van der Waals surface area contributed by atoms with E-state index in [1.54, 1.807) is 6.08 Å². The first-order chi connectivity index (χ1) is 10.0. The topological polar surface area (TPSA) is 40.5 Å². The third-order valence-corrected chi connectivity index (χ3v) is 6.61. The third-order valence-electron chi connectivity index (χ3n) is 6.61. The van der Waals surface area contributed by atoms with E-state index in [-0.39, 0.29) is 16.9 Å². The molecule has 0 aromatic carbocycles. The second-order valence-electron chi connectivity index (χ2n) is 8.91. The van der Waals surface area contributed by atoms with Crippen LogP contribution in [0.15, 0.2) is 24.8 Å². The molecule has 2 heteroatoms. The highest BCUT2D eigenvalue weighted by Gasteiger charge is 2.56. The summed E-state index contributed by atoms with van der Waals surface area (Å²) in [6, 6.07) is 0. The van der Waals surface area contributed by atoms with Gasteiger partial charge in [0.15, 0.2) is 0 Å². The van der Waals surface area contributed by atoms with Crippen LogP contribution in [-0.2, 0) is 0 Å². The molecule has 0 bridgehead atoms. The maximum Gasteiger partial charge on any atom is 0.0797 e. The summed E-state index contributed by atoms with van der Waals surface area (Å²) in [6.45, 7) is 16.8. The van der Waals surface area contributed by atoms with E-state index in [0.29, 0.717) is 24.7 Å². The second kappa shape index (κ2) is 5.79. The lowest BCUT2D eigenvalue weighted by Gasteiger charge is -2.59. The summed E-state index contributed by atoms with van der Waals surface area (Å²) < 4.78 is 0. The second-order valence-corrected chi connectivity index (χ2v) is 8.91. The molecule has 0 radical (unpaired) electrons. The fraction of sp³-hybridized carbons (Fsp3) is 0.800. The van der Waals surface area contributed by atoms with Crippen molar-refractivity contribution in [1.82, 2.24) is 0 Å². The van der Waals surface area contributed by atoms with Crippen molar-refractivity contribution in [3.05, 3.63) is 24.8 Å². The monoisotopic (exact) mass is 306 g/mol. The zero-order chi connectivity index (χ0) is 16.8. The lowest BCUT2D eigenvalue weighted by atomic mass is 9.46. The van der Waals surface area contributed by atoms with Crippen molar-refractivity contribution >= 4 is 0 Å². The molecular weight excluding hydrogens is 272 g/mol. The van der Waals surface area contributed by atoms with Gasteiger partial charge in [0.1, 0.15) is 0 Å². The molecule has 126 valence electrons. The van der Waals surface area contributed by atoms with E-state index < -0.39 is 5.60 Å². The molecule has 0 unspecified atom stereocenters. The largest absolute Gasteiger partial charge is 0.392 e. The van der Waals surface area contributed by atoms with Gasteiger partial charge in [-0.25, -0.2) is 0 Å². The number of fused-ring (bicyclic) bond motifs is 1. The highest BCUT2D eigenvalue weighted by Crippen LogP contribution is 2.61. The maximum atomic E-state index is 10.7. The standard InChI is InChI=1S/C20H34O2/c1-7-19(5,22)12-9-15-14(2)13-16(21)17-18(3,4)10-8-11-20(15,17)6/h7,15-17,21-22H,1-2,8-13H2,3-6H3/t15-,16-,17+,19+,20+/m0/s1. The van der Waals surface area contributed by atoms with Gasteiger partial charge in [-0.1, -0.05) is 45.4 Å². The van der Waals surface area contributed by atoms with Crippen LogP contribution in [0.4, 0.5) is 0 Å². The van der Waals surface area contributed by atoms with E-state index in [9.17, 15) is 10.2 Å². The van der Waals surface area contributed by atoms with Crippen molar-refractivity contribution < 1.29 is 10.2 Å². The lowest BCUT2D eigenvalue weighted by molar-refractivity contribution is -0.123. The van der Waals surface area contributed by atoms with Crippen LogP contribution in [-0.4, -0.2) is 21.9 Å². The summed E-state index contributed by atoms with van der Waals surface area (Å²) in [4.78, 5) is 0. The van der Waals surface area contributed by atoms with Crippen LogP contribution >= 0.6 is 0 Å². The van der Waals surface area contributed by atoms with Gasteiger partial charge in [0.05, 0.1) is 11.7 Å². The minimum atomic E-state index is -0.813. The van der Waals surface area contributed by atoms with Gasteiger partial charge in [-0.3, -0.25) is 0 Å². The smallest absolute Gasteiger partial charge is 0.0797 e. The Morgan fingerprint density at radius 2 is 1.95 bits per heavy atom. The van der Waals surface area contributed by atoms with Crippen molar-refractivity contribution in [2.45, 2.75) is 77.9 Å². The molecule has 0 aromatic rings. The Morgan fingerprint density at radius 1 is 1.32 bits per heavy atom. The minimum Gasteiger partial charge on any atom is -0.392 e. The average molecular weight is 306 g/mol. The van der Waals surface area contributed by atoms with Crippen molar-refractivity contribution in [1.29, 1.82) is 0 Å². The Bertz CT molecular complexity index is 449. The SMILES string of the molecule is C=C[C@@](C)(O)CC[C@H]1C(=C)C[C@H](O)[C@@H]2C(C)(C)CCC[C@@]21C. The molecule has 2 N–H and O–H groups in total. The lowest BCUT2D eigenvalue weighted by Crippen LogP contribution is -2.55. The molecule has 0 heterocycles. The quantitative estimate of drug-likeness (QED) is 0.752. The number of hydrogen-bond donors (Lipinski definition) is 2. The summed E-state index contributed by atoms with van der Waals surface area (Å²) >= 11 is 0. The summed E-state index contributed by atoms with van der Waals surface area (Å²) in [7, 11) is 0. The molecule has 0 aliphatic heterocycles. The van der Waals surface area contributed by atoms with E-state index >= 15 is 0 Å². The van der Waals surface area contributed by atoms with Crippen molar-refractivity contribution in [2.24, 2.45) is 22.7 Å². The molecule has 0 aromatic heterocycles. The Morgan fingerprint density at radius 3 is 2.55 bits per heavy atom. The Balaban J connectivity index is 2.28. The van der Waals surface area contributed by atoms with Crippen LogP contribution < -0.4 is 0 Å². The van der Waals surface area contributed by atoms with Gasteiger partial charge >= 0.3 is 0 Å². The molecule has 0 amide bonds. The van der Waals surface area contributed by atoms with Gasteiger partial charge < -0.3 is 10.2 Å².